The first kappa shape index (κ1) is 24.3. The van der Waals surface area contributed by atoms with Gasteiger partial charge in [-0.1, -0.05) is 84.4 Å². The highest BCUT2D eigenvalue weighted by molar-refractivity contribution is 6.39. The van der Waals surface area contributed by atoms with Gasteiger partial charge in [0, 0.05) is 16.2 Å². The number of methoxy groups -OCH3 is 1. The molecular formula is C31H24ClNO4. The molecule has 4 aromatic rings. The Bertz CT molecular complexity index is 1460. The van der Waals surface area contributed by atoms with Gasteiger partial charge in [0.2, 0.25) is 0 Å². The number of esters is 1. The van der Waals surface area contributed by atoms with Gasteiger partial charge in [0.15, 0.2) is 6.61 Å². The highest BCUT2D eigenvalue weighted by Crippen LogP contribution is 2.43. The van der Waals surface area contributed by atoms with Crippen molar-refractivity contribution in [3.05, 3.63) is 130 Å². The maximum atomic E-state index is 14.1. The third-order valence-corrected chi connectivity index (χ3v) is 6.47. The van der Waals surface area contributed by atoms with Gasteiger partial charge in [-0.05, 0) is 47.0 Å². The number of rotatable bonds is 7. The second kappa shape index (κ2) is 10.7. The molecule has 1 amide bonds. The molecule has 0 saturated carbocycles. The number of nitrogens with zero attached hydrogens (tertiary/aromatic N) is 1. The van der Waals surface area contributed by atoms with E-state index in [1.165, 1.54) is 7.11 Å². The number of carbonyl (C=O) groups is 2. The number of benzene rings is 4. The minimum absolute atomic E-state index is 0.0685. The van der Waals surface area contributed by atoms with Gasteiger partial charge in [-0.3, -0.25) is 4.79 Å². The van der Waals surface area contributed by atoms with Crippen LogP contribution in [0.15, 0.2) is 103 Å². The molecule has 0 fully saturated rings. The highest BCUT2D eigenvalue weighted by atomic mass is 35.5. The maximum absolute atomic E-state index is 14.1. The normalized spacial score (nSPS) is 13.8. The Kier molecular flexibility index (Phi) is 7.06. The van der Waals surface area contributed by atoms with Crippen molar-refractivity contribution in [2.24, 2.45) is 0 Å². The predicted molar refractivity (Wildman–Crippen MR) is 145 cm³/mol. The summed E-state index contributed by atoms with van der Waals surface area (Å²) >= 11 is 6.18. The van der Waals surface area contributed by atoms with Gasteiger partial charge in [-0.25, -0.2) is 4.79 Å². The summed E-state index contributed by atoms with van der Waals surface area (Å²) < 4.78 is 10.1. The predicted octanol–water partition coefficient (Wildman–Crippen LogP) is 6.40. The average Bonchev–Trinajstić information content (AvgIpc) is 3.21. The summed E-state index contributed by atoms with van der Waals surface area (Å²) in [4.78, 5) is 27.2. The molecule has 0 aromatic heterocycles. The quantitative estimate of drug-likeness (QED) is 0.214. The third-order valence-electron chi connectivity index (χ3n) is 6.22. The van der Waals surface area contributed by atoms with Crippen LogP contribution in [0.5, 0.6) is 5.75 Å². The highest BCUT2D eigenvalue weighted by Gasteiger charge is 2.35. The average molecular weight is 510 g/mol. The van der Waals surface area contributed by atoms with E-state index in [1.807, 2.05) is 91.0 Å². The number of ether oxygens (including phenoxy) is 2. The van der Waals surface area contributed by atoms with Crippen LogP contribution in [-0.2, 0) is 20.9 Å². The smallest absolute Gasteiger partial charge is 0.343 e. The Morgan fingerprint density at radius 3 is 2.16 bits per heavy atom. The van der Waals surface area contributed by atoms with Crippen LogP contribution in [0, 0.1) is 0 Å². The molecule has 1 aliphatic heterocycles. The molecule has 37 heavy (non-hydrogen) atoms. The molecule has 0 radical (unpaired) electrons. The van der Waals surface area contributed by atoms with E-state index >= 15 is 0 Å². The molecule has 1 heterocycles. The second-order valence-electron chi connectivity index (χ2n) is 8.54. The minimum atomic E-state index is -0.447. The van der Waals surface area contributed by atoms with Crippen molar-refractivity contribution in [2.75, 3.05) is 18.6 Å². The number of hydrogen-bond donors (Lipinski definition) is 0. The number of fused-ring (bicyclic) bond motifs is 1. The Morgan fingerprint density at radius 1 is 0.811 bits per heavy atom. The summed E-state index contributed by atoms with van der Waals surface area (Å²) in [5, 5.41) is 0.639. The van der Waals surface area contributed by atoms with Crippen molar-refractivity contribution in [3.8, 4) is 5.75 Å². The number of para-hydroxylation sites is 1. The Balaban J connectivity index is 1.54. The largest absolute Gasteiger partial charge is 0.482 e. The van der Waals surface area contributed by atoms with E-state index in [-0.39, 0.29) is 12.5 Å². The van der Waals surface area contributed by atoms with Crippen molar-refractivity contribution in [3.63, 3.8) is 0 Å². The lowest BCUT2D eigenvalue weighted by Gasteiger charge is -2.18. The SMILES string of the molecule is COC(=O)COc1ccc(CN2C(=O)/C(=C(\c3ccccc3)c3ccc(Cl)cc3)c3ccccc32)cc1. The lowest BCUT2D eigenvalue weighted by atomic mass is 9.90. The van der Waals surface area contributed by atoms with Crippen LogP contribution in [0.25, 0.3) is 11.1 Å². The van der Waals surface area contributed by atoms with Crippen molar-refractivity contribution in [1.29, 1.82) is 0 Å². The molecular weight excluding hydrogens is 486 g/mol. The van der Waals surface area contributed by atoms with Crippen LogP contribution < -0.4 is 9.64 Å². The number of anilines is 1. The zero-order chi connectivity index (χ0) is 25.8. The van der Waals surface area contributed by atoms with Crippen LogP contribution in [-0.4, -0.2) is 25.6 Å². The minimum Gasteiger partial charge on any atom is -0.482 e. The molecule has 0 saturated heterocycles. The molecule has 184 valence electrons. The van der Waals surface area contributed by atoms with Crippen LogP contribution in [0.3, 0.4) is 0 Å². The summed E-state index contributed by atoms with van der Waals surface area (Å²) in [5.41, 5.74) is 6.07. The molecule has 0 atom stereocenters. The fraction of sp³-hybridized carbons (Fsp3) is 0.0968. The van der Waals surface area contributed by atoms with Gasteiger partial charge in [0.25, 0.3) is 5.91 Å². The van der Waals surface area contributed by atoms with Gasteiger partial charge >= 0.3 is 5.97 Å². The summed E-state index contributed by atoms with van der Waals surface area (Å²) in [7, 11) is 1.32. The van der Waals surface area contributed by atoms with Crippen molar-refractivity contribution in [2.45, 2.75) is 6.54 Å². The molecule has 6 heteroatoms. The molecule has 5 nitrogen and oxygen atoms in total. The van der Waals surface area contributed by atoms with Gasteiger partial charge in [-0.15, -0.1) is 0 Å². The van der Waals surface area contributed by atoms with Gasteiger partial charge < -0.3 is 14.4 Å². The summed E-state index contributed by atoms with van der Waals surface area (Å²) in [6.45, 7) is 0.230. The Labute approximate surface area is 220 Å². The van der Waals surface area contributed by atoms with E-state index in [4.69, 9.17) is 16.3 Å². The Hall–Kier alpha value is -4.35. The van der Waals surface area contributed by atoms with Crippen molar-refractivity contribution >= 4 is 40.3 Å². The summed E-state index contributed by atoms with van der Waals surface area (Å²) in [6.07, 6.45) is 0. The summed E-state index contributed by atoms with van der Waals surface area (Å²) in [6, 6.07) is 32.7. The van der Waals surface area contributed by atoms with Crippen molar-refractivity contribution in [1.82, 2.24) is 0 Å². The van der Waals surface area contributed by atoms with Crippen LogP contribution >= 0.6 is 11.6 Å². The molecule has 4 aromatic carbocycles. The number of hydrogen-bond acceptors (Lipinski definition) is 4. The molecule has 5 rings (SSSR count). The van der Waals surface area contributed by atoms with Crippen LogP contribution in [0.4, 0.5) is 5.69 Å². The van der Waals surface area contributed by atoms with Crippen molar-refractivity contribution < 1.29 is 19.1 Å². The summed E-state index contributed by atoms with van der Waals surface area (Å²) in [5.74, 6) is 0.0376. The van der Waals surface area contributed by atoms with Gasteiger partial charge in [0.05, 0.1) is 24.9 Å². The lowest BCUT2D eigenvalue weighted by Crippen LogP contribution is -2.26. The number of amides is 1. The van der Waals surface area contributed by atoms with Gasteiger partial charge in [-0.2, -0.15) is 0 Å². The van der Waals surface area contributed by atoms with E-state index < -0.39 is 5.97 Å². The van der Waals surface area contributed by atoms with E-state index in [1.54, 1.807) is 17.0 Å². The maximum Gasteiger partial charge on any atom is 0.343 e. The molecule has 1 aliphatic rings. The molecule has 0 spiro atoms. The monoisotopic (exact) mass is 509 g/mol. The van der Waals surface area contributed by atoms with Gasteiger partial charge in [0.1, 0.15) is 5.75 Å². The van der Waals surface area contributed by atoms with Crippen LogP contribution in [0.1, 0.15) is 22.3 Å². The molecule has 0 bridgehead atoms. The van der Waals surface area contributed by atoms with E-state index in [0.717, 1.165) is 33.5 Å². The zero-order valence-corrected chi connectivity index (χ0v) is 20.9. The first-order valence-corrected chi connectivity index (χ1v) is 12.2. The number of carbonyl (C=O) groups excluding carboxylic acids is 2. The molecule has 0 unspecified atom stereocenters. The molecule has 0 N–H and O–H groups in total. The number of halogens is 1. The second-order valence-corrected chi connectivity index (χ2v) is 8.98. The van der Waals surface area contributed by atoms with E-state index in [0.29, 0.717) is 22.9 Å². The fourth-order valence-corrected chi connectivity index (χ4v) is 4.56. The van der Waals surface area contributed by atoms with Crippen LogP contribution in [0.2, 0.25) is 5.02 Å². The molecule has 0 aliphatic carbocycles. The first-order chi connectivity index (χ1) is 18.0. The van der Waals surface area contributed by atoms with E-state index in [9.17, 15) is 9.59 Å². The first-order valence-electron chi connectivity index (χ1n) is 11.8. The Morgan fingerprint density at radius 2 is 1.46 bits per heavy atom. The standard InChI is InChI=1S/C31H24ClNO4/c1-36-28(34)20-37-25-17-11-21(12-18-25)19-33-27-10-6-5-9-26(27)30(31(33)35)29(22-7-3-2-4-8-22)23-13-15-24(32)16-14-23/h2-18H,19-20H2,1H3/b30-29+. The fourth-order valence-electron chi connectivity index (χ4n) is 4.43. The lowest BCUT2D eigenvalue weighted by molar-refractivity contribution is -0.142. The van der Waals surface area contributed by atoms with E-state index in [2.05, 4.69) is 4.74 Å². The third kappa shape index (κ3) is 5.13. The zero-order valence-electron chi connectivity index (χ0n) is 20.2. The topological polar surface area (TPSA) is 55.8 Å².